The minimum Gasteiger partial charge on any atom is -0.507 e. The lowest BCUT2D eigenvalue weighted by Gasteiger charge is -2.04. The van der Waals surface area contributed by atoms with E-state index in [-0.39, 0.29) is 22.7 Å². The Morgan fingerprint density at radius 3 is 2.79 bits per heavy atom. The topological polar surface area (TPSA) is 114 Å². The number of carbonyl (C=O) groups is 1. The summed E-state index contributed by atoms with van der Waals surface area (Å²) in [4.78, 5) is 22.3. The van der Waals surface area contributed by atoms with Gasteiger partial charge in [-0.25, -0.2) is 5.43 Å². The molecule has 9 heteroatoms. The maximum Gasteiger partial charge on any atom is 0.311 e. The van der Waals surface area contributed by atoms with Gasteiger partial charge < -0.3 is 9.84 Å². The zero-order valence-electron chi connectivity index (χ0n) is 12.4. The van der Waals surface area contributed by atoms with Crippen molar-refractivity contribution < 1.29 is 19.6 Å². The monoisotopic (exact) mass is 393 g/mol. The van der Waals surface area contributed by atoms with Crippen LogP contribution in [-0.4, -0.2) is 29.3 Å². The summed E-state index contributed by atoms with van der Waals surface area (Å²) < 4.78 is 5.52. The molecule has 0 saturated heterocycles. The molecule has 0 unspecified atom stereocenters. The van der Waals surface area contributed by atoms with E-state index in [0.29, 0.717) is 10.0 Å². The lowest BCUT2D eigenvalue weighted by Crippen LogP contribution is -2.17. The minimum atomic E-state index is -0.618. The molecule has 2 aromatic carbocycles. The van der Waals surface area contributed by atoms with Crippen LogP contribution in [0.3, 0.4) is 0 Å². The number of phenolic OH excluding ortho intramolecular Hbond substituents is 1. The lowest BCUT2D eigenvalue weighted by molar-refractivity contribution is -0.385. The fourth-order valence-electron chi connectivity index (χ4n) is 1.85. The van der Waals surface area contributed by atoms with Gasteiger partial charge in [0.05, 0.1) is 23.8 Å². The molecule has 8 nitrogen and oxygen atoms in total. The molecule has 0 aliphatic heterocycles. The number of nitro benzene ring substituents is 1. The summed E-state index contributed by atoms with van der Waals surface area (Å²) in [7, 11) is 1.33. The number of nitrogens with zero attached hydrogens (tertiary/aromatic N) is 2. The zero-order valence-corrected chi connectivity index (χ0v) is 14.0. The van der Waals surface area contributed by atoms with E-state index >= 15 is 0 Å². The molecule has 1 amide bonds. The highest BCUT2D eigenvalue weighted by atomic mass is 79.9. The number of ether oxygens (including phenoxy) is 1. The molecule has 0 heterocycles. The molecule has 24 heavy (non-hydrogen) atoms. The van der Waals surface area contributed by atoms with Crippen molar-refractivity contribution in [1.82, 2.24) is 5.43 Å². The third kappa shape index (κ3) is 4.07. The van der Waals surface area contributed by atoms with Crippen LogP contribution in [0.25, 0.3) is 0 Å². The number of carbonyl (C=O) groups excluding carboxylic acids is 1. The fourth-order valence-corrected chi connectivity index (χ4v) is 2.21. The lowest BCUT2D eigenvalue weighted by atomic mass is 10.2. The van der Waals surface area contributed by atoms with Crippen molar-refractivity contribution in [1.29, 1.82) is 0 Å². The summed E-state index contributed by atoms with van der Waals surface area (Å²) in [6, 6.07) is 8.66. The predicted octanol–water partition coefficient (Wildman–Crippen LogP) is 2.84. The molecule has 0 atom stereocenters. The van der Waals surface area contributed by atoms with E-state index in [0.717, 1.165) is 0 Å². The molecule has 2 N–H and O–H groups in total. The summed E-state index contributed by atoms with van der Waals surface area (Å²) >= 11 is 3.20. The number of benzene rings is 2. The molecule has 124 valence electrons. The Morgan fingerprint density at radius 2 is 2.12 bits per heavy atom. The SMILES string of the molecule is COc1ccc(/C=N/NC(=O)c2cc(Br)ccc2O)cc1[N+](=O)[O-]. The van der Waals surface area contributed by atoms with Gasteiger partial charge in [-0.15, -0.1) is 0 Å². The van der Waals surface area contributed by atoms with Gasteiger partial charge in [0.2, 0.25) is 0 Å². The van der Waals surface area contributed by atoms with E-state index in [4.69, 9.17) is 4.74 Å². The van der Waals surface area contributed by atoms with E-state index in [9.17, 15) is 20.0 Å². The normalized spacial score (nSPS) is 10.6. The number of phenols is 1. The second kappa shape index (κ2) is 7.55. The average Bonchev–Trinajstić information content (AvgIpc) is 2.56. The van der Waals surface area contributed by atoms with Crippen molar-refractivity contribution in [2.24, 2.45) is 5.10 Å². The third-order valence-corrected chi connectivity index (χ3v) is 3.48. The first-order valence-electron chi connectivity index (χ1n) is 6.56. The molecule has 2 aromatic rings. The van der Waals surface area contributed by atoms with Gasteiger partial charge in [-0.1, -0.05) is 15.9 Å². The molecule has 2 rings (SSSR count). The van der Waals surface area contributed by atoms with Crippen molar-refractivity contribution in [2.75, 3.05) is 7.11 Å². The summed E-state index contributed by atoms with van der Waals surface area (Å²) in [5, 5.41) is 24.3. The van der Waals surface area contributed by atoms with E-state index in [1.165, 1.54) is 37.6 Å². The van der Waals surface area contributed by atoms with Crippen LogP contribution in [0.15, 0.2) is 46.0 Å². The third-order valence-electron chi connectivity index (χ3n) is 2.98. The Hall–Kier alpha value is -2.94. The van der Waals surface area contributed by atoms with E-state index < -0.39 is 10.8 Å². The second-order valence-corrected chi connectivity index (χ2v) is 5.46. The first kappa shape index (κ1) is 17.4. The highest BCUT2D eigenvalue weighted by Crippen LogP contribution is 2.27. The zero-order chi connectivity index (χ0) is 17.7. The second-order valence-electron chi connectivity index (χ2n) is 4.55. The maximum atomic E-state index is 11.9. The molecule has 0 aromatic heterocycles. The maximum absolute atomic E-state index is 11.9. The number of halogens is 1. The molecule has 0 radical (unpaired) electrons. The number of nitro groups is 1. The smallest absolute Gasteiger partial charge is 0.311 e. The van der Waals surface area contributed by atoms with Crippen LogP contribution in [0, 0.1) is 10.1 Å². The van der Waals surface area contributed by atoms with Gasteiger partial charge in [-0.3, -0.25) is 14.9 Å². The summed E-state index contributed by atoms with van der Waals surface area (Å²) in [5.74, 6) is -0.681. The molecule has 0 saturated carbocycles. The molecule has 0 aliphatic rings. The van der Waals surface area contributed by atoms with E-state index in [1.54, 1.807) is 12.1 Å². The summed E-state index contributed by atoms with van der Waals surface area (Å²) in [6.45, 7) is 0. The Labute approximate surface area is 145 Å². The van der Waals surface area contributed by atoms with Crippen molar-refractivity contribution in [3.05, 3.63) is 62.1 Å². The number of hydrogen-bond donors (Lipinski definition) is 2. The number of rotatable bonds is 5. The molecule has 0 aliphatic carbocycles. The fraction of sp³-hybridized carbons (Fsp3) is 0.0667. The van der Waals surface area contributed by atoms with Crippen molar-refractivity contribution in [3.8, 4) is 11.5 Å². The highest BCUT2D eigenvalue weighted by Gasteiger charge is 2.14. The van der Waals surface area contributed by atoms with Crippen LogP contribution in [0.2, 0.25) is 0 Å². The van der Waals surface area contributed by atoms with Gasteiger partial charge in [0, 0.05) is 16.1 Å². The number of hydrazone groups is 1. The molecule has 0 spiro atoms. The molecule has 0 fully saturated rings. The van der Waals surface area contributed by atoms with Crippen molar-refractivity contribution in [3.63, 3.8) is 0 Å². The van der Waals surface area contributed by atoms with Crippen LogP contribution in [0.1, 0.15) is 15.9 Å². The van der Waals surface area contributed by atoms with Crippen molar-refractivity contribution >= 4 is 33.7 Å². The quantitative estimate of drug-likeness (QED) is 0.460. The van der Waals surface area contributed by atoms with Crippen LogP contribution in [-0.2, 0) is 0 Å². The number of aromatic hydroxyl groups is 1. The Bertz CT molecular complexity index is 823. The van der Waals surface area contributed by atoms with Gasteiger partial charge in [0.15, 0.2) is 5.75 Å². The summed E-state index contributed by atoms with van der Waals surface area (Å²) in [5.41, 5.74) is 2.48. The van der Waals surface area contributed by atoms with Crippen LogP contribution in [0.5, 0.6) is 11.5 Å². The first-order valence-corrected chi connectivity index (χ1v) is 7.36. The van der Waals surface area contributed by atoms with Gasteiger partial charge in [-0.05, 0) is 30.3 Å². The molecular weight excluding hydrogens is 382 g/mol. The standard InChI is InChI=1S/C15H12BrN3O5/c1-24-14-5-2-9(6-12(14)19(22)23)8-17-18-15(21)11-7-10(16)3-4-13(11)20/h2-8,20H,1H3,(H,18,21)/b17-8+. The Kier molecular flexibility index (Phi) is 5.48. The van der Waals surface area contributed by atoms with Crippen molar-refractivity contribution in [2.45, 2.75) is 0 Å². The van der Waals surface area contributed by atoms with E-state index in [1.807, 2.05) is 0 Å². The predicted molar refractivity (Wildman–Crippen MR) is 90.5 cm³/mol. The Balaban J connectivity index is 2.14. The number of methoxy groups -OCH3 is 1. The number of hydrogen-bond acceptors (Lipinski definition) is 6. The number of amides is 1. The molecular formula is C15H12BrN3O5. The Morgan fingerprint density at radius 1 is 1.38 bits per heavy atom. The van der Waals surface area contributed by atoms with Crippen LogP contribution < -0.4 is 10.2 Å². The van der Waals surface area contributed by atoms with Gasteiger partial charge in [-0.2, -0.15) is 5.10 Å². The van der Waals surface area contributed by atoms with Crippen LogP contribution >= 0.6 is 15.9 Å². The van der Waals surface area contributed by atoms with Crippen LogP contribution in [0.4, 0.5) is 5.69 Å². The molecule has 0 bridgehead atoms. The largest absolute Gasteiger partial charge is 0.507 e. The number of nitrogens with one attached hydrogen (secondary N) is 1. The minimum absolute atomic E-state index is 0.0437. The van der Waals surface area contributed by atoms with E-state index in [2.05, 4.69) is 26.5 Å². The van der Waals surface area contributed by atoms with Gasteiger partial charge in [0.1, 0.15) is 5.75 Å². The van der Waals surface area contributed by atoms with Gasteiger partial charge in [0.25, 0.3) is 5.91 Å². The average molecular weight is 394 g/mol. The highest BCUT2D eigenvalue weighted by molar-refractivity contribution is 9.10. The first-order chi connectivity index (χ1) is 11.4. The van der Waals surface area contributed by atoms with Gasteiger partial charge >= 0.3 is 5.69 Å². The summed E-state index contributed by atoms with van der Waals surface area (Å²) in [6.07, 6.45) is 1.25.